The summed E-state index contributed by atoms with van der Waals surface area (Å²) in [5.74, 6) is 0. The van der Waals surface area contributed by atoms with Crippen molar-refractivity contribution in [3.05, 3.63) is 29.3 Å². The summed E-state index contributed by atoms with van der Waals surface area (Å²) in [6.45, 7) is 7.25. The molecular formula is C16H27N3. The first-order valence-electron chi connectivity index (χ1n) is 7.18. The highest BCUT2D eigenvalue weighted by molar-refractivity contribution is 5.55. The lowest BCUT2D eigenvalue weighted by Crippen LogP contribution is -2.60. The highest BCUT2D eigenvalue weighted by atomic mass is 15.3. The van der Waals surface area contributed by atoms with Gasteiger partial charge in [0.25, 0.3) is 0 Å². The van der Waals surface area contributed by atoms with Crippen LogP contribution in [0.15, 0.2) is 18.2 Å². The van der Waals surface area contributed by atoms with Crippen molar-refractivity contribution in [2.24, 2.45) is 5.73 Å². The first kappa shape index (κ1) is 14.4. The van der Waals surface area contributed by atoms with Crippen LogP contribution in [0.2, 0.25) is 0 Å². The molecule has 0 amide bonds. The first-order valence-corrected chi connectivity index (χ1v) is 7.18. The lowest BCUT2D eigenvalue weighted by atomic mass is 9.87. The average Bonchev–Trinajstić information content (AvgIpc) is 2.41. The van der Waals surface area contributed by atoms with Crippen LogP contribution in [-0.2, 0) is 0 Å². The van der Waals surface area contributed by atoms with E-state index in [9.17, 15) is 0 Å². The number of benzene rings is 1. The number of likely N-dealkylation sites (N-methyl/N-ethyl adjacent to an activating group) is 1. The maximum Gasteiger partial charge on any atom is 0.0501 e. The number of nitrogens with zero attached hydrogens (tertiary/aromatic N) is 2. The zero-order valence-corrected chi connectivity index (χ0v) is 12.7. The normalized spacial score (nSPS) is 24.0. The molecule has 1 aliphatic rings. The molecule has 0 aromatic heterocycles. The van der Waals surface area contributed by atoms with Gasteiger partial charge >= 0.3 is 0 Å². The van der Waals surface area contributed by atoms with E-state index >= 15 is 0 Å². The summed E-state index contributed by atoms with van der Waals surface area (Å²) in [7, 11) is 4.30. The van der Waals surface area contributed by atoms with E-state index in [2.05, 4.69) is 55.9 Å². The molecule has 0 spiro atoms. The van der Waals surface area contributed by atoms with Crippen LogP contribution >= 0.6 is 0 Å². The highest BCUT2D eigenvalue weighted by Crippen LogP contribution is 2.30. The first-order chi connectivity index (χ1) is 8.98. The predicted octanol–water partition coefficient (Wildman–Crippen LogP) is 2.16. The zero-order chi connectivity index (χ0) is 14.0. The Labute approximate surface area is 117 Å². The number of nitrogens with two attached hydrogens (primary N) is 1. The SMILES string of the molecule is Cc1ccc(C)c(N2CCCC(CN)(N(C)C)C2)c1. The van der Waals surface area contributed by atoms with E-state index in [0.29, 0.717) is 0 Å². The molecular weight excluding hydrogens is 234 g/mol. The summed E-state index contributed by atoms with van der Waals surface area (Å²) in [6, 6.07) is 6.71. The quantitative estimate of drug-likeness (QED) is 0.905. The van der Waals surface area contributed by atoms with Crippen molar-refractivity contribution in [2.45, 2.75) is 32.2 Å². The Morgan fingerprint density at radius 3 is 2.68 bits per heavy atom. The topological polar surface area (TPSA) is 32.5 Å². The lowest BCUT2D eigenvalue weighted by molar-refractivity contribution is 0.135. The second kappa shape index (κ2) is 5.51. The third-order valence-electron chi connectivity index (χ3n) is 4.59. The van der Waals surface area contributed by atoms with Gasteiger partial charge in [-0.2, -0.15) is 0 Å². The van der Waals surface area contributed by atoms with E-state index in [1.54, 1.807) is 0 Å². The van der Waals surface area contributed by atoms with Gasteiger partial charge in [0.2, 0.25) is 0 Å². The number of rotatable bonds is 3. The molecule has 2 rings (SSSR count). The Balaban J connectivity index is 2.28. The molecule has 3 heteroatoms. The molecule has 3 nitrogen and oxygen atoms in total. The number of piperidine rings is 1. The summed E-state index contributed by atoms with van der Waals surface area (Å²) < 4.78 is 0. The standard InChI is InChI=1S/C16H27N3/c1-13-6-7-14(2)15(10-13)19-9-5-8-16(11-17,12-19)18(3)4/h6-7,10H,5,8-9,11-12,17H2,1-4H3. The van der Waals surface area contributed by atoms with Gasteiger partial charge in [-0.05, 0) is 58.0 Å². The minimum atomic E-state index is 0.119. The van der Waals surface area contributed by atoms with Crippen molar-refractivity contribution in [3.8, 4) is 0 Å². The van der Waals surface area contributed by atoms with Crippen molar-refractivity contribution in [1.82, 2.24) is 4.90 Å². The third kappa shape index (κ3) is 2.77. The third-order valence-corrected chi connectivity index (χ3v) is 4.59. The Kier molecular flexibility index (Phi) is 4.16. The molecule has 1 saturated heterocycles. The maximum absolute atomic E-state index is 6.08. The van der Waals surface area contributed by atoms with Gasteiger partial charge in [0.15, 0.2) is 0 Å². The summed E-state index contributed by atoms with van der Waals surface area (Å²) >= 11 is 0. The van der Waals surface area contributed by atoms with E-state index < -0.39 is 0 Å². The van der Waals surface area contributed by atoms with Gasteiger partial charge in [0.05, 0.1) is 5.54 Å². The van der Waals surface area contributed by atoms with Crippen molar-refractivity contribution >= 4 is 5.69 Å². The van der Waals surface area contributed by atoms with Crippen molar-refractivity contribution in [3.63, 3.8) is 0 Å². The minimum Gasteiger partial charge on any atom is -0.369 e. The molecule has 0 aliphatic carbocycles. The smallest absolute Gasteiger partial charge is 0.0501 e. The fourth-order valence-electron chi connectivity index (χ4n) is 3.09. The molecule has 19 heavy (non-hydrogen) atoms. The number of hydrogen-bond donors (Lipinski definition) is 1. The van der Waals surface area contributed by atoms with Crippen LogP contribution in [-0.4, -0.2) is 44.2 Å². The molecule has 1 unspecified atom stereocenters. The second-order valence-corrected chi connectivity index (χ2v) is 6.14. The molecule has 0 radical (unpaired) electrons. The van der Waals surface area contributed by atoms with Crippen molar-refractivity contribution < 1.29 is 0 Å². The molecule has 0 saturated carbocycles. The molecule has 1 fully saturated rings. The van der Waals surface area contributed by atoms with Crippen LogP contribution in [0.5, 0.6) is 0 Å². The van der Waals surface area contributed by atoms with Gasteiger partial charge in [-0.15, -0.1) is 0 Å². The van der Waals surface area contributed by atoms with E-state index in [-0.39, 0.29) is 5.54 Å². The lowest BCUT2D eigenvalue weighted by Gasteiger charge is -2.47. The Bertz CT molecular complexity index is 442. The Morgan fingerprint density at radius 1 is 1.32 bits per heavy atom. The zero-order valence-electron chi connectivity index (χ0n) is 12.7. The predicted molar refractivity (Wildman–Crippen MR) is 82.8 cm³/mol. The highest BCUT2D eigenvalue weighted by Gasteiger charge is 2.36. The Hall–Kier alpha value is -1.06. The maximum atomic E-state index is 6.08. The minimum absolute atomic E-state index is 0.119. The van der Waals surface area contributed by atoms with Gasteiger partial charge in [-0.25, -0.2) is 0 Å². The molecule has 106 valence electrons. The number of aryl methyl sites for hydroxylation is 2. The number of anilines is 1. The van der Waals surface area contributed by atoms with Crippen LogP contribution < -0.4 is 10.6 Å². The van der Waals surface area contributed by atoms with E-state index in [0.717, 1.165) is 19.6 Å². The van der Waals surface area contributed by atoms with Crippen LogP contribution in [0.25, 0.3) is 0 Å². The fourth-order valence-corrected chi connectivity index (χ4v) is 3.09. The van der Waals surface area contributed by atoms with Crippen LogP contribution in [0.4, 0.5) is 5.69 Å². The van der Waals surface area contributed by atoms with Gasteiger partial charge in [-0.1, -0.05) is 12.1 Å². The summed E-state index contributed by atoms with van der Waals surface area (Å²) in [5, 5.41) is 0. The molecule has 0 bridgehead atoms. The largest absolute Gasteiger partial charge is 0.369 e. The van der Waals surface area contributed by atoms with Crippen LogP contribution in [0.1, 0.15) is 24.0 Å². The van der Waals surface area contributed by atoms with Crippen molar-refractivity contribution in [2.75, 3.05) is 38.6 Å². The van der Waals surface area contributed by atoms with Crippen LogP contribution in [0.3, 0.4) is 0 Å². The molecule has 1 aromatic carbocycles. The van der Waals surface area contributed by atoms with E-state index in [1.807, 2.05) is 0 Å². The Morgan fingerprint density at radius 2 is 2.05 bits per heavy atom. The summed E-state index contributed by atoms with van der Waals surface area (Å²) in [5.41, 5.74) is 10.3. The molecule has 1 aliphatic heterocycles. The molecule has 1 atom stereocenters. The van der Waals surface area contributed by atoms with Gasteiger partial charge in [-0.3, -0.25) is 0 Å². The van der Waals surface area contributed by atoms with Gasteiger partial charge in [0.1, 0.15) is 0 Å². The monoisotopic (exact) mass is 261 g/mol. The van der Waals surface area contributed by atoms with E-state index in [4.69, 9.17) is 5.73 Å². The van der Waals surface area contributed by atoms with Gasteiger partial charge in [0, 0.05) is 25.3 Å². The second-order valence-electron chi connectivity index (χ2n) is 6.14. The van der Waals surface area contributed by atoms with Crippen LogP contribution in [0, 0.1) is 13.8 Å². The molecule has 1 heterocycles. The average molecular weight is 261 g/mol. The summed E-state index contributed by atoms with van der Waals surface area (Å²) in [6.07, 6.45) is 2.40. The fraction of sp³-hybridized carbons (Fsp3) is 0.625. The summed E-state index contributed by atoms with van der Waals surface area (Å²) in [4.78, 5) is 4.82. The van der Waals surface area contributed by atoms with E-state index in [1.165, 1.54) is 29.7 Å². The molecule has 1 aromatic rings. The molecule has 2 N–H and O–H groups in total. The number of hydrogen-bond acceptors (Lipinski definition) is 3. The van der Waals surface area contributed by atoms with Gasteiger partial charge < -0.3 is 15.5 Å². The van der Waals surface area contributed by atoms with Crippen molar-refractivity contribution in [1.29, 1.82) is 0 Å².